The van der Waals surface area contributed by atoms with Crippen LogP contribution in [0, 0.1) is 11.3 Å². The lowest BCUT2D eigenvalue weighted by molar-refractivity contribution is -0.122. The molecule has 2 fully saturated rings. The maximum atomic E-state index is 12.9. The van der Waals surface area contributed by atoms with Gasteiger partial charge in [-0.1, -0.05) is 36.1 Å². The van der Waals surface area contributed by atoms with Crippen LogP contribution in [0.5, 0.6) is 5.75 Å². The second-order valence-corrected chi connectivity index (χ2v) is 8.66. The van der Waals surface area contributed by atoms with Crippen LogP contribution < -0.4 is 9.64 Å². The van der Waals surface area contributed by atoms with Crippen molar-refractivity contribution in [2.45, 2.75) is 25.8 Å². The van der Waals surface area contributed by atoms with Gasteiger partial charge in [0.05, 0.1) is 18.6 Å². The van der Waals surface area contributed by atoms with Gasteiger partial charge in [-0.25, -0.2) is 0 Å². The Bertz CT molecular complexity index is 1030. The number of nitriles is 1. The topological polar surface area (TPSA) is 82.6 Å². The van der Waals surface area contributed by atoms with Crippen molar-refractivity contribution in [1.29, 1.82) is 5.26 Å². The summed E-state index contributed by atoms with van der Waals surface area (Å²) in [6.45, 7) is 2.06. The van der Waals surface area contributed by atoms with E-state index in [0.29, 0.717) is 21.7 Å². The Morgan fingerprint density at radius 3 is 2.70 bits per heavy atom. The number of carbonyl (C=O) groups is 1. The molecule has 1 aromatic carbocycles. The zero-order chi connectivity index (χ0) is 21.1. The van der Waals surface area contributed by atoms with Gasteiger partial charge in [-0.15, -0.1) is 0 Å². The molecule has 0 bridgehead atoms. The molecule has 0 aliphatic carbocycles. The number of methoxy groups -OCH3 is 1. The molecule has 0 atom stereocenters. The molecule has 2 aromatic rings. The number of thiocarbonyl (C=S) groups is 1. The number of hydrogen-bond acceptors (Lipinski definition) is 8. The summed E-state index contributed by atoms with van der Waals surface area (Å²) in [5.41, 5.74) is 1.19. The van der Waals surface area contributed by atoms with Crippen LogP contribution in [0.4, 0.5) is 5.88 Å². The van der Waals surface area contributed by atoms with Crippen LogP contribution in [-0.2, 0) is 11.3 Å². The fraction of sp³-hybridized carbons (Fsp3) is 0.333. The molecule has 0 unspecified atom stereocenters. The quantitative estimate of drug-likeness (QED) is 0.511. The van der Waals surface area contributed by atoms with E-state index >= 15 is 0 Å². The third kappa shape index (κ3) is 4.20. The Labute approximate surface area is 184 Å². The SMILES string of the molecule is COc1ccc(CN2C(=O)/C(=C\c3nc(C#N)c(N4CCCCC4)o3)SC2=S)cc1. The van der Waals surface area contributed by atoms with Crippen LogP contribution in [-0.4, -0.2) is 40.3 Å². The molecule has 0 radical (unpaired) electrons. The number of amides is 1. The monoisotopic (exact) mass is 440 g/mol. The minimum absolute atomic E-state index is 0.197. The molecule has 4 rings (SSSR count). The van der Waals surface area contributed by atoms with E-state index in [4.69, 9.17) is 21.4 Å². The lowest BCUT2D eigenvalue weighted by Gasteiger charge is -2.25. The zero-order valence-corrected chi connectivity index (χ0v) is 18.1. The van der Waals surface area contributed by atoms with Gasteiger partial charge >= 0.3 is 0 Å². The van der Waals surface area contributed by atoms with E-state index in [0.717, 1.165) is 37.2 Å². The third-order valence-electron chi connectivity index (χ3n) is 5.00. The van der Waals surface area contributed by atoms with Crippen LogP contribution in [0.1, 0.15) is 36.4 Å². The molecule has 2 saturated heterocycles. The van der Waals surface area contributed by atoms with Gasteiger partial charge in [0, 0.05) is 19.2 Å². The molecule has 0 saturated carbocycles. The number of carbonyl (C=O) groups excluding carboxylic acids is 1. The second kappa shape index (κ2) is 8.90. The number of benzene rings is 1. The molecule has 9 heteroatoms. The van der Waals surface area contributed by atoms with Crippen molar-refractivity contribution < 1.29 is 13.9 Å². The first-order chi connectivity index (χ1) is 14.6. The largest absolute Gasteiger partial charge is 0.497 e. The Balaban J connectivity index is 1.53. The summed E-state index contributed by atoms with van der Waals surface area (Å²) in [6.07, 6.45) is 4.87. The number of piperidine rings is 1. The van der Waals surface area contributed by atoms with Gasteiger partial charge < -0.3 is 14.1 Å². The fourth-order valence-electron chi connectivity index (χ4n) is 3.44. The molecule has 0 N–H and O–H groups in total. The van der Waals surface area contributed by atoms with Crippen LogP contribution in [0.3, 0.4) is 0 Å². The van der Waals surface area contributed by atoms with E-state index in [9.17, 15) is 10.1 Å². The van der Waals surface area contributed by atoms with Crippen LogP contribution in [0.25, 0.3) is 6.08 Å². The summed E-state index contributed by atoms with van der Waals surface area (Å²) in [7, 11) is 1.61. The van der Waals surface area contributed by atoms with Crippen molar-refractivity contribution in [3.8, 4) is 11.8 Å². The Morgan fingerprint density at radius 2 is 2.03 bits per heavy atom. The first-order valence-electron chi connectivity index (χ1n) is 9.63. The van der Waals surface area contributed by atoms with Gasteiger partial charge in [-0.05, 0) is 37.0 Å². The number of nitrogens with zero attached hydrogens (tertiary/aromatic N) is 4. The van der Waals surface area contributed by atoms with Gasteiger partial charge in [-0.3, -0.25) is 9.69 Å². The zero-order valence-electron chi connectivity index (χ0n) is 16.5. The predicted molar refractivity (Wildman–Crippen MR) is 119 cm³/mol. The number of ether oxygens (including phenoxy) is 1. The standard InChI is InChI=1S/C21H20N4O3S2/c1-27-15-7-5-14(6-8-15)13-25-19(26)17(30-21(25)29)11-18-23-16(12-22)20(28-18)24-9-3-2-4-10-24/h5-8,11H,2-4,9-10,13H2,1H3/b17-11+. The van der Waals surface area contributed by atoms with Crippen molar-refractivity contribution in [1.82, 2.24) is 9.88 Å². The van der Waals surface area contributed by atoms with Crippen LogP contribution in [0.15, 0.2) is 33.6 Å². The lowest BCUT2D eigenvalue weighted by atomic mass is 10.1. The second-order valence-electron chi connectivity index (χ2n) is 6.98. The summed E-state index contributed by atoms with van der Waals surface area (Å²) in [4.78, 5) is 21.2. The number of oxazole rings is 1. The minimum Gasteiger partial charge on any atom is -0.497 e. The van der Waals surface area contributed by atoms with Crippen LogP contribution >= 0.6 is 24.0 Å². The van der Waals surface area contributed by atoms with E-state index in [1.165, 1.54) is 18.2 Å². The fourth-order valence-corrected chi connectivity index (χ4v) is 4.66. The number of rotatable bonds is 5. The highest BCUT2D eigenvalue weighted by Crippen LogP contribution is 2.35. The predicted octanol–water partition coefficient (Wildman–Crippen LogP) is 3.95. The lowest BCUT2D eigenvalue weighted by Crippen LogP contribution is -2.29. The maximum absolute atomic E-state index is 12.9. The van der Waals surface area contributed by atoms with E-state index in [2.05, 4.69) is 11.1 Å². The van der Waals surface area contributed by atoms with Crippen molar-refractivity contribution >= 4 is 46.2 Å². The van der Waals surface area contributed by atoms with E-state index in [-0.39, 0.29) is 17.5 Å². The summed E-state index contributed by atoms with van der Waals surface area (Å²) in [5.74, 6) is 1.29. The summed E-state index contributed by atoms with van der Waals surface area (Å²) in [6, 6.07) is 9.60. The molecule has 2 aliphatic heterocycles. The molecule has 30 heavy (non-hydrogen) atoms. The molecule has 7 nitrogen and oxygen atoms in total. The van der Waals surface area contributed by atoms with E-state index in [1.54, 1.807) is 18.1 Å². The highest BCUT2D eigenvalue weighted by Gasteiger charge is 2.33. The summed E-state index contributed by atoms with van der Waals surface area (Å²) >= 11 is 6.62. The normalized spacial score (nSPS) is 18.2. The van der Waals surface area contributed by atoms with Gasteiger partial charge in [0.25, 0.3) is 5.91 Å². The molecule has 0 spiro atoms. The van der Waals surface area contributed by atoms with Gasteiger partial charge in [-0.2, -0.15) is 10.2 Å². The van der Waals surface area contributed by atoms with Crippen molar-refractivity contribution in [3.63, 3.8) is 0 Å². The first-order valence-corrected chi connectivity index (χ1v) is 10.9. The number of anilines is 1. The summed E-state index contributed by atoms with van der Waals surface area (Å²) < 4.78 is 11.5. The van der Waals surface area contributed by atoms with E-state index in [1.807, 2.05) is 29.2 Å². The molecule has 154 valence electrons. The van der Waals surface area contributed by atoms with E-state index < -0.39 is 0 Å². The Hall–Kier alpha value is -2.83. The average Bonchev–Trinajstić information content (AvgIpc) is 3.31. The average molecular weight is 441 g/mol. The smallest absolute Gasteiger partial charge is 0.266 e. The van der Waals surface area contributed by atoms with Crippen LogP contribution in [0.2, 0.25) is 0 Å². The molecule has 2 aliphatic rings. The number of hydrogen-bond donors (Lipinski definition) is 0. The molecule has 1 aromatic heterocycles. The summed E-state index contributed by atoms with van der Waals surface area (Å²) in [5, 5.41) is 9.43. The van der Waals surface area contributed by atoms with Crippen molar-refractivity contribution in [3.05, 3.63) is 46.3 Å². The minimum atomic E-state index is -0.197. The molecule has 3 heterocycles. The van der Waals surface area contributed by atoms with Crippen molar-refractivity contribution in [2.75, 3.05) is 25.1 Å². The first kappa shape index (κ1) is 20.4. The van der Waals surface area contributed by atoms with Gasteiger partial charge in [0.2, 0.25) is 17.5 Å². The number of aromatic nitrogens is 1. The van der Waals surface area contributed by atoms with Crippen molar-refractivity contribution in [2.24, 2.45) is 0 Å². The van der Waals surface area contributed by atoms with Gasteiger partial charge in [0.15, 0.2) is 0 Å². The van der Waals surface area contributed by atoms with Gasteiger partial charge in [0.1, 0.15) is 16.1 Å². The third-order valence-corrected chi connectivity index (χ3v) is 6.38. The Morgan fingerprint density at radius 1 is 1.30 bits per heavy atom. The molecule has 1 amide bonds. The Kier molecular flexibility index (Phi) is 6.06. The molecular formula is C21H20N4O3S2. The number of thioether (sulfide) groups is 1. The highest BCUT2D eigenvalue weighted by molar-refractivity contribution is 8.26. The highest BCUT2D eigenvalue weighted by atomic mass is 32.2. The molecular weight excluding hydrogens is 420 g/mol. The maximum Gasteiger partial charge on any atom is 0.266 e.